The van der Waals surface area contributed by atoms with Gasteiger partial charge in [-0.3, -0.25) is 4.99 Å². The monoisotopic (exact) mass is 151 g/mol. The molecule has 58 valence electrons. The van der Waals surface area contributed by atoms with E-state index < -0.39 is 0 Å². The smallest absolute Gasteiger partial charge is 0.179 e. The first-order chi connectivity index (χ1) is 5.25. The third-order valence-corrected chi connectivity index (χ3v) is 1.55. The van der Waals surface area contributed by atoms with Gasteiger partial charge in [0, 0.05) is 7.05 Å². The van der Waals surface area contributed by atoms with Crippen molar-refractivity contribution in [2.45, 2.75) is 13.5 Å². The van der Waals surface area contributed by atoms with Gasteiger partial charge in [-0.25, -0.2) is 0 Å². The number of aliphatic imine (C=N–C) groups is 1. The Morgan fingerprint density at radius 1 is 1.45 bits per heavy atom. The molecule has 0 fully saturated rings. The normalized spacial score (nSPS) is 15.3. The molecular formula is C6H9N5. The zero-order valence-corrected chi connectivity index (χ0v) is 6.50. The Morgan fingerprint density at radius 2 is 2.27 bits per heavy atom. The van der Waals surface area contributed by atoms with Crippen LogP contribution in [0.5, 0.6) is 0 Å². The first-order valence-corrected chi connectivity index (χ1v) is 3.44. The molecular weight excluding hydrogens is 142 g/mol. The predicted molar refractivity (Wildman–Crippen MR) is 41.4 cm³/mol. The predicted octanol–water partition coefficient (Wildman–Crippen LogP) is 0.159. The van der Waals surface area contributed by atoms with E-state index in [9.17, 15) is 0 Å². The van der Waals surface area contributed by atoms with Crippen molar-refractivity contribution in [3.05, 3.63) is 5.69 Å². The third-order valence-electron chi connectivity index (χ3n) is 1.55. The number of hydrogen-bond acceptors (Lipinski definition) is 4. The average Bonchev–Trinajstić information content (AvgIpc) is 2.27. The SMILES string of the molecule is CC1=NCc2nn(C)nc2N1. The van der Waals surface area contributed by atoms with Crippen molar-refractivity contribution < 1.29 is 0 Å². The first-order valence-electron chi connectivity index (χ1n) is 3.44. The van der Waals surface area contributed by atoms with Crippen LogP contribution in [0.3, 0.4) is 0 Å². The summed E-state index contributed by atoms with van der Waals surface area (Å²) in [5.74, 6) is 1.73. The maximum Gasteiger partial charge on any atom is 0.179 e. The molecule has 1 aromatic heterocycles. The quantitative estimate of drug-likeness (QED) is 0.574. The first kappa shape index (κ1) is 6.33. The van der Waals surface area contributed by atoms with Crippen LogP contribution in [0.1, 0.15) is 12.6 Å². The fraction of sp³-hybridized carbons (Fsp3) is 0.500. The fourth-order valence-corrected chi connectivity index (χ4v) is 1.05. The number of rotatable bonds is 0. The van der Waals surface area contributed by atoms with Gasteiger partial charge < -0.3 is 5.32 Å². The highest BCUT2D eigenvalue weighted by atomic mass is 15.5. The van der Waals surface area contributed by atoms with Gasteiger partial charge in [0.15, 0.2) is 5.82 Å². The molecule has 0 radical (unpaired) electrons. The van der Waals surface area contributed by atoms with Crippen molar-refractivity contribution in [3.63, 3.8) is 0 Å². The molecule has 1 aliphatic rings. The van der Waals surface area contributed by atoms with E-state index in [0.717, 1.165) is 17.3 Å². The van der Waals surface area contributed by atoms with Crippen molar-refractivity contribution in [1.82, 2.24) is 15.0 Å². The van der Waals surface area contributed by atoms with Gasteiger partial charge in [0.25, 0.3) is 0 Å². The maximum absolute atomic E-state index is 4.17. The summed E-state index contributed by atoms with van der Waals surface area (Å²) in [6, 6.07) is 0. The molecule has 11 heavy (non-hydrogen) atoms. The summed E-state index contributed by atoms with van der Waals surface area (Å²) in [5.41, 5.74) is 0.915. The number of aromatic nitrogens is 3. The van der Waals surface area contributed by atoms with Crippen LogP contribution in [0.25, 0.3) is 0 Å². The number of aryl methyl sites for hydroxylation is 1. The number of anilines is 1. The van der Waals surface area contributed by atoms with Crippen LogP contribution in [0.15, 0.2) is 4.99 Å². The Balaban J connectivity index is 2.40. The topological polar surface area (TPSA) is 55.1 Å². The lowest BCUT2D eigenvalue weighted by Gasteiger charge is -2.07. The van der Waals surface area contributed by atoms with Crippen LogP contribution in [0.4, 0.5) is 5.82 Å². The molecule has 0 aromatic carbocycles. The van der Waals surface area contributed by atoms with Gasteiger partial charge in [-0.05, 0) is 6.92 Å². The van der Waals surface area contributed by atoms with E-state index >= 15 is 0 Å². The zero-order valence-electron chi connectivity index (χ0n) is 6.50. The molecule has 1 aliphatic heterocycles. The van der Waals surface area contributed by atoms with Crippen molar-refractivity contribution in [3.8, 4) is 0 Å². The summed E-state index contributed by atoms with van der Waals surface area (Å²) in [5, 5.41) is 11.3. The highest BCUT2D eigenvalue weighted by Gasteiger charge is 2.13. The van der Waals surface area contributed by atoms with Crippen molar-refractivity contribution in [2.75, 3.05) is 5.32 Å². The molecule has 1 N–H and O–H groups in total. The van der Waals surface area contributed by atoms with Crippen LogP contribution in [-0.4, -0.2) is 20.8 Å². The lowest BCUT2D eigenvalue weighted by Crippen LogP contribution is -2.13. The lowest BCUT2D eigenvalue weighted by molar-refractivity contribution is 0.647. The molecule has 0 atom stereocenters. The minimum atomic E-state index is 0.641. The van der Waals surface area contributed by atoms with E-state index in [1.54, 1.807) is 11.8 Å². The van der Waals surface area contributed by atoms with Gasteiger partial charge >= 0.3 is 0 Å². The molecule has 0 spiro atoms. The molecule has 0 saturated heterocycles. The maximum atomic E-state index is 4.17. The summed E-state index contributed by atoms with van der Waals surface area (Å²) >= 11 is 0. The Labute approximate surface area is 64.1 Å². The van der Waals surface area contributed by atoms with Crippen molar-refractivity contribution in [1.29, 1.82) is 0 Å². The second-order valence-corrected chi connectivity index (χ2v) is 2.51. The molecule has 0 amide bonds. The van der Waals surface area contributed by atoms with Crippen LogP contribution >= 0.6 is 0 Å². The second-order valence-electron chi connectivity index (χ2n) is 2.51. The van der Waals surface area contributed by atoms with Gasteiger partial charge in [0.1, 0.15) is 5.69 Å². The number of fused-ring (bicyclic) bond motifs is 1. The van der Waals surface area contributed by atoms with Crippen LogP contribution in [0, 0.1) is 0 Å². The van der Waals surface area contributed by atoms with Crippen LogP contribution in [0.2, 0.25) is 0 Å². The summed E-state index contributed by atoms with van der Waals surface area (Å²) < 4.78 is 0. The molecule has 0 unspecified atom stereocenters. The summed E-state index contributed by atoms with van der Waals surface area (Å²) in [6.45, 7) is 2.56. The van der Waals surface area contributed by atoms with Gasteiger partial charge in [-0.2, -0.15) is 9.90 Å². The number of nitrogens with one attached hydrogen (secondary N) is 1. The standard InChI is InChI=1S/C6H9N5/c1-4-7-3-5-6(8-4)10-11(2)9-5/h3H2,1-2H3,(H,7,8,10). The minimum Gasteiger partial charge on any atom is -0.326 e. The van der Waals surface area contributed by atoms with Crippen molar-refractivity contribution >= 4 is 11.7 Å². The van der Waals surface area contributed by atoms with E-state index in [2.05, 4.69) is 20.5 Å². The van der Waals surface area contributed by atoms with E-state index in [-0.39, 0.29) is 0 Å². The molecule has 5 nitrogen and oxygen atoms in total. The highest BCUT2D eigenvalue weighted by Crippen LogP contribution is 2.14. The summed E-state index contributed by atoms with van der Waals surface area (Å²) in [6.07, 6.45) is 0. The third kappa shape index (κ3) is 0.978. The minimum absolute atomic E-state index is 0.641. The van der Waals surface area contributed by atoms with E-state index in [4.69, 9.17) is 0 Å². The van der Waals surface area contributed by atoms with Gasteiger partial charge in [0.2, 0.25) is 0 Å². The number of hydrogen-bond donors (Lipinski definition) is 1. The zero-order chi connectivity index (χ0) is 7.84. The Morgan fingerprint density at radius 3 is 3.09 bits per heavy atom. The number of amidine groups is 1. The summed E-state index contributed by atoms with van der Waals surface area (Å²) in [7, 11) is 1.80. The molecule has 1 aromatic rings. The average molecular weight is 151 g/mol. The van der Waals surface area contributed by atoms with E-state index in [0.29, 0.717) is 6.54 Å². The molecule has 2 rings (SSSR count). The Kier molecular flexibility index (Phi) is 1.18. The fourth-order valence-electron chi connectivity index (χ4n) is 1.05. The Hall–Kier alpha value is -1.39. The molecule has 0 bridgehead atoms. The summed E-state index contributed by atoms with van der Waals surface area (Å²) in [4.78, 5) is 5.72. The van der Waals surface area contributed by atoms with Gasteiger partial charge in [-0.15, -0.1) is 5.10 Å². The van der Waals surface area contributed by atoms with E-state index in [1.807, 2.05) is 6.92 Å². The highest BCUT2D eigenvalue weighted by molar-refractivity contribution is 5.94. The lowest BCUT2D eigenvalue weighted by atomic mass is 10.4. The van der Waals surface area contributed by atoms with E-state index in [1.165, 1.54) is 0 Å². The van der Waals surface area contributed by atoms with Crippen LogP contribution < -0.4 is 5.32 Å². The van der Waals surface area contributed by atoms with Crippen LogP contribution in [-0.2, 0) is 13.6 Å². The largest absolute Gasteiger partial charge is 0.326 e. The Bertz CT molecular complexity index is 311. The van der Waals surface area contributed by atoms with Gasteiger partial charge in [-0.1, -0.05) is 0 Å². The molecule has 0 aliphatic carbocycles. The molecule has 0 saturated carbocycles. The number of nitrogens with zero attached hydrogens (tertiary/aromatic N) is 4. The van der Waals surface area contributed by atoms with Gasteiger partial charge in [0.05, 0.1) is 12.4 Å². The van der Waals surface area contributed by atoms with Crippen molar-refractivity contribution in [2.24, 2.45) is 12.0 Å². The molecule has 5 heteroatoms. The molecule has 2 heterocycles. The second kappa shape index (κ2) is 2.05.